The zero-order chi connectivity index (χ0) is 20.4. The fourth-order valence-electron chi connectivity index (χ4n) is 3.29. The van der Waals surface area contributed by atoms with Gasteiger partial charge in [-0.05, 0) is 70.4 Å². The molecule has 1 heterocycles. The van der Waals surface area contributed by atoms with Gasteiger partial charge in [0.2, 0.25) is 0 Å². The lowest BCUT2D eigenvalue weighted by Crippen LogP contribution is -2.50. The molecule has 0 saturated carbocycles. The minimum atomic E-state index is -0.0241. The highest BCUT2D eigenvalue weighted by atomic mass is 16.5. The molecule has 2 rings (SSSR count). The van der Waals surface area contributed by atoms with E-state index in [1.165, 1.54) is 0 Å². The lowest BCUT2D eigenvalue weighted by Gasteiger charge is -2.37. The number of ether oxygens (including phenoxy) is 1. The van der Waals surface area contributed by atoms with Crippen LogP contribution in [-0.2, 0) is 6.54 Å². The Labute approximate surface area is 168 Å². The lowest BCUT2D eigenvalue weighted by atomic mass is 10.0. The minimum Gasteiger partial charge on any atom is -0.497 e. The summed E-state index contributed by atoms with van der Waals surface area (Å²) in [7, 11) is 3.77. The molecule has 1 N–H and O–H groups in total. The lowest BCUT2D eigenvalue weighted by molar-refractivity contribution is 0.137. The maximum atomic E-state index is 13.0. The van der Waals surface area contributed by atoms with Crippen LogP contribution in [0.1, 0.15) is 25.3 Å². The third kappa shape index (κ3) is 6.85. The number of allylic oxidation sites excluding steroid dienone is 2. The van der Waals surface area contributed by atoms with Gasteiger partial charge in [0.25, 0.3) is 0 Å². The van der Waals surface area contributed by atoms with Gasteiger partial charge in [-0.15, -0.1) is 0 Å². The molecule has 1 aromatic rings. The van der Waals surface area contributed by atoms with Crippen molar-refractivity contribution in [3.63, 3.8) is 0 Å². The number of amides is 2. The van der Waals surface area contributed by atoms with Crippen LogP contribution in [0.15, 0.2) is 53.2 Å². The van der Waals surface area contributed by atoms with Crippen LogP contribution in [0.2, 0.25) is 0 Å². The molecule has 1 aliphatic rings. The van der Waals surface area contributed by atoms with Crippen molar-refractivity contribution in [3.8, 4) is 5.75 Å². The third-order valence-electron chi connectivity index (χ3n) is 4.98. The van der Waals surface area contributed by atoms with Crippen LogP contribution < -0.4 is 10.1 Å². The number of piperidine rings is 1. The van der Waals surface area contributed by atoms with Gasteiger partial charge in [-0.3, -0.25) is 4.99 Å². The van der Waals surface area contributed by atoms with Gasteiger partial charge in [0.1, 0.15) is 5.75 Å². The van der Waals surface area contributed by atoms with Crippen molar-refractivity contribution in [2.24, 2.45) is 4.99 Å². The monoisotopic (exact) mass is 384 g/mol. The van der Waals surface area contributed by atoms with E-state index in [-0.39, 0.29) is 12.1 Å². The van der Waals surface area contributed by atoms with Crippen LogP contribution in [-0.4, -0.2) is 62.4 Å². The SMILES string of the molecule is C=N/C=C\C=C(/C)CN(C(=O)NCc1ccc(OC)cc1)C1CCN(C)CC1. The fraction of sp³-hybridized carbons (Fsp3) is 0.455. The third-order valence-corrected chi connectivity index (χ3v) is 4.98. The van der Waals surface area contributed by atoms with E-state index in [0.717, 1.165) is 42.8 Å². The minimum absolute atomic E-state index is 0.0241. The Morgan fingerprint density at radius 2 is 2.04 bits per heavy atom. The highest BCUT2D eigenvalue weighted by Gasteiger charge is 2.26. The molecule has 0 unspecified atom stereocenters. The summed E-state index contributed by atoms with van der Waals surface area (Å²) < 4.78 is 5.18. The van der Waals surface area contributed by atoms with Gasteiger partial charge in [-0.2, -0.15) is 0 Å². The summed E-state index contributed by atoms with van der Waals surface area (Å²) in [4.78, 5) is 21.0. The molecule has 28 heavy (non-hydrogen) atoms. The number of nitrogens with one attached hydrogen (secondary N) is 1. The molecule has 1 aromatic carbocycles. The predicted octanol–water partition coefficient (Wildman–Crippen LogP) is 3.46. The number of carbonyl (C=O) groups is 1. The van der Waals surface area contributed by atoms with Gasteiger partial charge in [-0.1, -0.05) is 23.8 Å². The van der Waals surface area contributed by atoms with Gasteiger partial charge >= 0.3 is 6.03 Å². The molecular formula is C22H32N4O2. The number of likely N-dealkylation sites (tertiary alicyclic amines) is 1. The van der Waals surface area contributed by atoms with Crippen molar-refractivity contribution in [1.29, 1.82) is 0 Å². The smallest absolute Gasteiger partial charge is 0.318 e. The standard InChI is InChI=1S/C22H32N4O2/c1-18(6-5-13-23-2)17-26(20-11-14-25(3)15-12-20)22(27)24-16-19-7-9-21(28-4)10-8-19/h5-10,13,20H,2,11-12,14-17H2,1,3-4H3,(H,24,27)/b13-5-,18-6+. The maximum absolute atomic E-state index is 13.0. The van der Waals surface area contributed by atoms with Crippen LogP contribution in [0.4, 0.5) is 4.79 Å². The summed E-state index contributed by atoms with van der Waals surface area (Å²) in [6.07, 6.45) is 7.46. The summed E-state index contributed by atoms with van der Waals surface area (Å²) in [5.41, 5.74) is 2.16. The second-order valence-corrected chi connectivity index (χ2v) is 7.21. The molecule has 2 amide bonds. The average Bonchev–Trinajstić information content (AvgIpc) is 2.71. The molecule has 0 spiro atoms. The Hall–Kier alpha value is -2.60. The zero-order valence-electron chi connectivity index (χ0n) is 17.2. The molecule has 1 saturated heterocycles. The van der Waals surface area contributed by atoms with E-state index in [4.69, 9.17) is 4.74 Å². The van der Waals surface area contributed by atoms with Crippen molar-refractivity contribution in [3.05, 3.63) is 53.8 Å². The van der Waals surface area contributed by atoms with Crippen molar-refractivity contribution >= 4 is 12.7 Å². The van der Waals surface area contributed by atoms with Gasteiger partial charge in [0.15, 0.2) is 0 Å². The number of nitrogens with zero attached hydrogens (tertiary/aromatic N) is 3. The number of urea groups is 1. The number of carbonyl (C=O) groups excluding carboxylic acids is 1. The number of hydrogen-bond acceptors (Lipinski definition) is 4. The highest BCUT2D eigenvalue weighted by Crippen LogP contribution is 2.18. The Morgan fingerprint density at radius 3 is 2.64 bits per heavy atom. The van der Waals surface area contributed by atoms with Gasteiger partial charge in [-0.25, -0.2) is 4.79 Å². The van der Waals surface area contributed by atoms with Crippen molar-refractivity contribution in [2.75, 3.05) is 33.8 Å². The quantitative estimate of drug-likeness (QED) is 0.552. The van der Waals surface area contributed by atoms with E-state index in [9.17, 15) is 4.79 Å². The first-order valence-electron chi connectivity index (χ1n) is 9.67. The normalized spacial score (nSPS) is 16.2. The summed E-state index contributed by atoms with van der Waals surface area (Å²) in [5.74, 6) is 0.811. The van der Waals surface area contributed by atoms with Crippen molar-refractivity contribution in [1.82, 2.24) is 15.1 Å². The zero-order valence-corrected chi connectivity index (χ0v) is 17.2. The van der Waals surface area contributed by atoms with Crippen LogP contribution in [0.5, 0.6) is 5.75 Å². The Bertz CT molecular complexity index is 689. The first kappa shape index (κ1) is 21.7. The molecule has 0 radical (unpaired) electrons. The van der Waals surface area contributed by atoms with E-state index < -0.39 is 0 Å². The molecular weight excluding hydrogens is 352 g/mol. The van der Waals surface area contributed by atoms with Gasteiger partial charge in [0, 0.05) is 25.3 Å². The number of hydrogen-bond donors (Lipinski definition) is 1. The Balaban J connectivity index is 2.03. The largest absolute Gasteiger partial charge is 0.497 e. The van der Waals surface area contributed by atoms with E-state index in [1.54, 1.807) is 13.3 Å². The van der Waals surface area contributed by atoms with E-state index >= 15 is 0 Å². The Morgan fingerprint density at radius 1 is 1.36 bits per heavy atom. The first-order chi connectivity index (χ1) is 13.5. The highest BCUT2D eigenvalue weighted by molar-refractivity contribution is 5.75. The van der Waals surface area contributed by atoms with Crippen molar-refractivity contribution in [2.45, 2.75) is 32.4 Å². The predicted molar refractivity (Wildman–Crippen MR) is 115 cm³/mol. The number of benzene rings is 1. The molecule has 6 nitrogen and oxygen atoms in total. The molecule has 0 bridgehead atoms. The molecule has 152 valence electrons. The van der Waals surface area contributed by atoms with E-state index in [2.05, 4.69) is 29.0 Å². The summed E-state index contributed by atoms with van der Waals surface area (Å²) in [6, 6.07) is 7.97. The van der Waals surface area contributed by atoms with Crippen LogP contribution in [0, 0.1) is 0 Å². The molecule has 0 aromatic heterocycles. The van der Waals surface area contributed by atoms with E-state index in [0.29, 0.717) is 13.1 Å². The topological polar surface area (TPSA) is 57.2 Å². The maximum Gasteiger partial charge on any atom is 0.318 e. The van der Waals surface area contributed by atoms with Crippen LogP contribution in [0.25, 0.3) is 0 Å². The summed E-state index contributed by atoms with van der Waals surface area (Å²) in [5, 5.41) is 3.08. The average molecular weight is 385 g/mol. The second-order valence-electron chi connectivity index (χ2n) is 7.21. The van der Waals surface area contributed by atoms with Crippen molar-refractivity contribution < 1.29 is 9.53 Å². The van der Waals surface area contributed by atoms with Gasteiger partial charge in [0.05, 0.1) is 7.11 Å². The van der Waals surface area contributed by atoms with Gasteiger partial charge < -0.3 is 19.9 Å². The number of rotatable bonds is 8. The van der Waals surface area contributed by atoms with Crippen LogP contribution in [0.3, 0.4) is 0 Å². The number of aliphatic imine (C=N–C) groups is 1. The molecule has 0 atom stereocenters. The first-order valence-corrected chi connectivity index (χ1v) is 9.67. The van der Waals surface area contributed by atoms with E-state index in [1.807, 2.05) is 48.2 Å². The van der Waals surface area contributed by atoms with Crippen LogP contribution >= 0.6 is 0 Å². The molecule has 6 heteroatoms. The molecule has 1 fully saturated rings. The fourth-order valence-corrected chi connectivity index (χ4v) is 3.29. The molecule has 1 aliphatic heterocycles. The summed E-state index contributed by atoms with van der Waals surface area (Å²) >= 11 is 0. The second kappa shape index (κ2) is 11.3. The summed E-state index contributed by atoms with van der Waals surface area (Å²) in [6.45, 7) is 8.59. The molecule has 0 aliphatic carbocycles. The number of methoxy groups -OCH3 is 1. The Kier molecular flexibility index (Phi) is 8.75.